The van der Waals surface area contributed by atoms with Gasteiger partial charge in [0.05, 0.1) is 5.69 Å². The van der Waals surface area contributed by atoms with Gasteiger partial charge in [0.1, 0.15) is 5.75 Å². The Morgan fingerprint density at radius 2 is 1.70 bits per heavy atom. The second-order valence-corrected chi connectivity index (χ2v) is 9.96. The Morgan fingerprint density at radius 1 is 0.970 bits per heavy atom. The van der Waals surface area contributed by atoms with Gasteiger partial charge in [0.15, 0.2) is 5.82 Å². The van der Waals surface area contributed by atoms with E-state index in [1.807, 2.05) is 12.1 Å². The van der Waals surface area contributed by atoms with Gasteiger partial charge < -0.3 is 20.4 Å². The number of halogens is 1. The molecule has 2 fully saturated rings. The lowest BCUT2D eigenvalue weighted by Gasteiger charge is -2.45. The third kappa shape index (κ3) is 4.11. The number of benzene rings is 1. The highest BCUT2D eigenvalue weighted by Crippen LogP contribution is 2.44. The Labute approximate surface area is 192 Å². The van der Waals surface area contributed by atoms with Crippen molar-refractivity contribution in [3.63, 3.8) is 0 Å². The van der Waals surface area contributed by atoms with Crippen molar-refractivity contribution in [1.29, 1.82) is 0 Å². The zero-order valence-corrected chi connectivity index (χ0v) is 19.0. The number of phenols is 1. The summed E-state index contributed by atoms with van der Waals surface area (Å²) in [5, 5.41) is 32.8. The molecule has 2 bridgehead atoms. The number of fused-ring (bicyclic) bond motifs is 2. The summed E-state index contributed by atoms with van der Waals surface area (Å²) in [5.41, 5.74) is 2.38. The van der Waals surface area contributed by atoms with E-state index >= 15 is 0 Å². The molecule has 0 unspecified atom stereocenters. The maximum atomic E-state index is 13.5. The molecule has 0 aliphatic carbocycles. The van der Waals surface area contributed by atoms with E-state index in [1.54, 1.807) is 12.1 Å². The number of hydrogen-bond donors (Lipinski definition) is 3. The van der Waals surface area contributed by atoms with Crippen LogP contribution in [0.5, 0.6) is 11.6 Å². The van der Waals surface area contributed by atoms with Gasteiger partial charge in [0, 0.05) is 41.9 Å². The Hall–Kier alpha value is -3.26. The summed E-state index contributed by atoms with van der Waals surface area (Å²) in [7, 11) is 2.07. The first-order chi connectivity index (χ1) is 15.6. The van der Waals surface area contributed by atoms with E-state index in [9.17, 15) is 14.6 Å². The summed E-state index contributed by atoms with van der Waals surface area (Å²) in [6, 6.07) is 11.7. The van der Waals surface area contributed by atoms with Gasteiger partial charge in [0.2, 0.25) is 11.8 Å². The van der Waals surface area contributed by atoms with Crippen molar-refractivity contribution in [2.75, 3.05) is 11.9 Å². The number of hydrogen-bond acceptors (Lipinski definition) is 7. The first-order valence-electron chi connectivity index (χ1n) is 11.2. The quantitative estimate of drug-likeness (QED) is 0.513. The normalized spacial score (nSPS) is 26.4. The third-order valence-electron chi connectivity index (χ3n) is 7.15. The number of anilines is 1. The van der Waals surface area contributed by atoms with E-state index in [4.69, 9.17) is 0 Å². The molecule has 2 saturated heterocycles. The summed E-state index contributed by atoms with van der Waals surface area (Å²) >= 11 is 0. The van der Waals surface area contributed by atoms with Crippen LogP contribution >= 0.6 is 0 Å². The van der Waals surface area contributed by atoms with Gasteiger partial charge in [0.25, 0.3) is 0 Å². The van der Waals surface area contributed by atoms with Crippen LogP contribution in [0.2, 0.25) is 0 Å². The van der Waals surface area contributed by atoms with Crippen LogP contribution in [-0.2, 0) is 0 Å². The van der Waals surface area contributed by atoms with Gasteiger partial charge in [-0.15, -0.1) is 10.2 Å². The van der Waals surface area contributed by atoms with E-state index in [1.165, 1.54) is 31.0 Å². The number of aromatic hydroxyl groups is 2. The molecule has 8 heteroatoms. The van der Waals surface area contributed by atoms with E-state index < -0.39 is 11.8 Å². The number of pyridine rings is 1. The topological polar surface area (TPSA) is 94.4 Å². The van der Waals surface area contributed by atoms with Gasteiger partial charge in [-0.05, 0) is 74.9 Å². The minimum atomic E-state index is -0.788. The summed E-state index contributed by atoms with van der Waals surface area (Å²) in [6.07, 6.45) is 4.52. The highest BCUT2D eigenvalue weighted by atomic mass is 19.1. The average molecular weight is 450 g/mol. The van der Waals surface area contributed by atoms with E-state index in [2.05, 4.69) is 46.3 Å². The minimum absolute atomic E-state index is 0.00426. The van der Waals surface area contributed by atoms with Crippen LogP contribution in [0.4, 0.5) is 10.2 Å². The van der Waals surface area contributed by atoms with E-state index in [0.29, 0.717) is 28.4 Å². The maximum Gasteiger partial charge on any atom is 0.216 e. The number of piperidine rings is 1. The van der Waals surface area contributed by atoms with Crippen LogP contribution in [-0.4, -0.2) is 49.6 Å². The van der Waals surface area contributed by atoms with Crippen molar-refractivity contribution in [1.82, 2.24) is 20.5 Å². The first-order valence-corrected chi connectivity index (χ1v) is 11.2. The predicted molar refractivity (Wildman–Crippen MR) is 125 cm³/mol. The van der Waals surface area contributed by atoms with Crippen molar-refractivity contribution in [3.8, 4) is 34.0 Å². The zero-order chi connectivity index (χ0) is 23.4. The van der Waals surface area contributed by atoms with E-state index in [0.717, 1.165) is 18.7 Å². The number of phenolic OH excluding ortho intramolecular Hbond substituents is 1. The molecule has 5 rings (SSSR count). The highest BCUT2D eigenvalue weighted by Gasteiger charge is 2.49. The Kier molecular flexibility index (Phi) is 5.01. The van der Waals surface area contributed by atoms with Gasteiger partial charge in [-0.1, -0.05) is 6.07 Å². The number of nitrogens with one attached hydrogen (secondary N) is 1. The fourth-order valence-electron chi connectivity index (χ4n) is 5.52. The molecular weight excluding hydrogens is 421 g/mol. The van der Waals surface area contributed by atoms with Gasteiger partial charge >= 0.3 is 0 Å². The highest BCUT2D eigenvalue weighted by molar-refractivity contribution is 5.74. The second-order valence-electron chi connectivity index (χ2n) is 9.96. The molecule has 2 aromatic heterocycles. The number of aromatic nitrogens is 3. The van der Waals surface area contributed by atoms with Crippen LogP contribution in [0.3, 0.4) is 0 Å². The number of rotatable bonds is 4. The lowest BCUT2D eigenvalue weighted by molar-refractivity contribution is 0.207. The molecule has 3 aromatic rings. The van der Waals surface area contributed by atoms with Crippen LogP contribution in [0.25, 0.3) is 22.4 Å². The van der Waals surface area contributed by atoms with Crippen LogP contribution in [0.1, 0.15) is 39.5 Å². The smallest absolute Gasteiger partial charge is 0.216 e. The molecule has 0 spiro atoms. The molecule has 2 aliphatic heterocycles. The zero-order valence-electron chi connectivity index (χ0n) is 19.0. The molecule has 0 radical (unpaired) electrons. The van der Waals surface area contributed by atoms with Crippen molar-refractivity contribution >= 4 is 5.82 Å². The molecule has 172 valence electrons. The molecule has 7 nitrogen and oxygen atoms in total. The summed E-state index contributed by atoms with van der Waals surface area (Å²) < 4.78 is 13.5. The molecule has 0 amide bonds. The largest absolute Gasteiger partial charge is 0.507 e. The Bertz CT molecular complexity index is 1170. The fraction of sp³-hybridized carbons (Fsp3) is 0.400. The molecule has 3 atom stereocenters. The van der Waals surface area contributed by atoms with Crippen molar-refractivity contribution in [3.05, 3.63) is 48.4 Å². The van der Waals surface area contributed by atoms with Gasteiger partial charge in [-0.3, -0.25) is 0 Å². The van der Waals surface area contributed by atoms with Gasteiger partial charge in [-0.2, -0.15) is 9.37 Å². The minimum Gasteiger partial charge on any atom is -0.507 e. The average Bonchev–Trinajstić information content (AvgIpc) is 2.99. The van der Waals surface area contributed by atoms with Crippen molar-refractivity contribution < 1.29 is 14.6 Å². The standard InChI is InChI=1S/C25H28FN5O2/c1-24-8-9-25(2,30-24)14-17(13-24)31(3)22-7-6-19(28-29-22)18-5-4-15(10-20(18)32)16-11-21(26)27-23(33)12-16/h4-7,10-12,17,30,32H,8-9,13-14H2,1-3H3,(H,27,33)/t17-,24-,25+. The van der Waals surface area contributed by atoms with Crippen LogP contribution in [0, 0.1) is 5.95 Å². The summed E-state index contributed by atoms with van der Waals surface area (Å²) in [6.45, 7) is 4.61. The van der Waals surface area contributed by atoms with Crippen molar-refractivity contribution in [2.45, 2.75) is 56.7 Å². The molecule has 4 heterocycles. The monoisotopic (exact) mass is 449 g/mol. The van der Waals surface area contributed by atoms with E-state index in [-0.39, 0.29) is 16.8 Å². The summed E-state index contributed by atoms with van der Waals surface area (Å²) in [5.74, 6) is -0.403. The predicted octanol–water partition coefficient (Wildman–Crippen LogP) is 4.26. The molecule has 2 aliphatic rings. The molecule has 0 saturated carbocycles. The van der Waals surface area contributed by atoms with Crippen molar-refractivity contribution in [2.24, 2.45) is 0 Å². The Balaban J connectivity index is 1.36. The molecular formula is C25H28FN5O2. The summed E-state index contributed by atoms with van der Waals surface area (Å²) in [4.78, 5) is 5.54. The molecule has 33 heavy (non-hydrogen) atoms. The van der Waals surface area contributed by atoms with Gasteiger partial charge in [-0.25, -0.2) is 0 Å². The second kappa shape index (κ2) is 7.66. The van der Waals surface area contributed by atoms with Crippen LogP contribution in [0.15, 0.2) is 42.5 Å². The lowest BCUT2D eigenvalue weighted by Crippen LogP contribution is -2.58. The Morgan fingerprint density at radius 3 is 2.30 bits per heavy atom. The fourth-order valence-corrected chi connectivity index (χ4v) is 5.52. The molecule has 1 aromatic carbocycles. The third-order valence-corrected chi connectivity index (χ3v) is 7.15. The SMILES string of the molecule is CN(c1ccc(-c2ccc(-c3cc(O)nc(F)c3)cc2O)nn1)[C@H]1C[C@]2(C)CC[C@](C)(C1)N2. The number of nitrogens with zero attached hydrogens (tertiary/aromatic N) is 4. The molecule has 3 N–H and O–H groups in total. The maximum absolute atomic E-state index is 13.5. The first kappa shape index (κ1) is 21.6. The lowest BCUT2D eigenvalue weighted by atomic mass is 9.84. The van der Waals surface area contributed by atoms with Crippen LogP contribution < -0.4 is 10.2 Å².